The summed E-state index contributed by atoms with van der Waals surface area (Å²) < 4.78 is 1.21. The first kappa shape index (κ1) is 14.6. The average Bonchev–Trinajstić information content (AvgIpc) is 2.38. The zero-order chi connectivity index (χ0) is 15.9. The highest BCUT2D eigenvalue weighted by Crippen LogP contribution is 2.27. The van der Waals surface area contributed by atoms with Gasteiger partial charge in [0.1, 0.15) is 5.82 Å². The molecule has 0 saturated carbocycles. The molecule has 22 heavy (non-hydrogen) atoms. The largest absolute Gasteiger partial charge is 0.365 e. The number of hydrogen-bond acceptors (Lipinski definition) is 3. The summed E-state index contributed by atoms with van der Waals surface area (Å²) in [5.41, 5.74) is 3.31. The third kappa shape index (κ3) is 2.58. The van der Waals surface area contributed by atoms with Gasteiger partial charge in [0.05, 0.1) is 0 Å². The number of H-pyrrole nitrogens is 1. The van der Waals surface area contributed by atoms with Gasteiger partial charge in [0, 0.05) is 18.2 Å². The van der Waals surface area contributed by atoms with Crippen LogP contribution in [-0.2, 0) is 12.8 Å². The molecule has 1 aromatic heterocycles. The summed E-state index contributed by atoms with van der Waals surface area (Å²) >= 11 is 0. The highest BCUT2D eigenvalue weighted by Gasteiger charge is 2.16. The molecule has 0 amide bonds. The second-order valence-electron chi connectivity index (χ2n) is 6.18. The monoisotopic (exact) mass is 299 g/mol. The number of nitrogens with zero attached hydrogens (tertiary/aromatic N) is 1. The van der Waals surface area contributed by atoms with Crippen LogP contribution in [0.2, 0.25) is 0 Å². The Labute approximate surface area is 129 Å². The normalized spacial score (nSPS) is 14.4. The molecule has 0 spiro atoms. The van der Waals surface area contributed by atoms with Crippen molar-refractivity contribution in [2.24, 2.45) is 0 Å². The first-order valence-corrected chi connectivity index (χ1v) is 7.70. The van der Waals surface area contributed by atoms with Crippen LogP contribution in [0.15, 0.2) is 33.9 Å². The molecule has 1 atom stereocenters. The molecule has 0 aliphatic heterocycles. The van der Waals surface area contributed by atoms with Gasteiger partial charge in [-0.05, 0) is 50.3 Å². The molecule has 1 unspecified atom stereocenters. The van der Waals surface area contributed by atoms with Gasteiger partial charge in [0.2, 0.25) is 0 Å². The first-order valence-electron chi connectivity index (χ1n) is 7.70. The van der Waals surface area contributed by atoms with Crippen LogP contribution in [-0.4, -0.2) is 9.55 Å². The highest BCUT2D eigenvalue weighted by atomic mass is 16.2. The van der Waals surface area contributed by atoms with E-state index in [1.165, 1.54) is 21.8 Å². The van der Waals surface area contributed by atoms with Crippen LogP contribution in [0.3, 0.4) is 0 Å². The number of fused-ring (bicyclic) bond motifs is 1. The number of nitrogens with one attached hydrogen (secondary N) is 2. The smallest absolute Gasteiger partial charge is 0.330 e. The molecule has 2 aromatic rings. The number of aromatic amines is 1. The third-order valence-corrected chi connectivity index (χ3v) is 4.25. The first-order chi connectivity index (χ1) is 10.5. The van der Waals surface area contributed by atoms with Crippen LogP contribution in [0.1, 0.15) is 49.5 Å². The Morgan fingerprint density at radius 1 is 1.09 bits per heavy atom. The molecule has 0 fully saturated rings. The van der Waals surface area contributed by atoms with Crippen molar-refractivity contribution in [2.45, 2.75) is 45.7 Å². The van der Waals surface area contributed by atoms with E-state index in [1.54, 1.807) is 0 Å². The van der Waals surface area contributed by atoms with Gasteiger partial charge in [-0.15, -0.1) is 0 Å². The van der Waals surface area contributed by atoms with Gasteiger partial charge in [-0.25, -0.2) is 4.79 Å². The van der Waals surface area contributed by atoms with Crippen LogP contribution < -0.4 is 16.6 Å². The Kier molecular flexibility index (Phi) is 3.64. The number of benzene rings is 1. The van der Waals surface area contributed by atoms with Crippen molar-refractivity contribution in [1.29, 1.82) is 0 Å². The van der Waals surface area contributed by atoms with Crippen molar-refractivity contribution in [3.05, 3.63) is 61.8 Å². The lowest BCUT2D eigenvalue weighted by molar-refractivity contribution is 0.546. The van der Waals surface area contributed by atoms with Gasteiger partial charge in [-0.2, -0.15) is 0 Å². The van der Waals surface area contributed by atoms with Crippen LogP contribution in [0.5, 0.6) is 0 Å². The van der Waals surface area contributed by atoms with Crippen LogP contribution in [0.25, 0.3) is 0 Å². The number of rotatable bonds is 4. The average molecular weight is 299 g/mol. The standard InChI is InChI=1S/C17H21N3O2/c1-10(2)20-16(21)9-15(19-17(20)22)18-11(3)13-6-4-12-5-7-14(12)8-13/h4,6,8-11,18H,5,7H2,1-3H3,(H,19,22). The summed E-state index contributed by atoms with van der Waals surface area (Å²) in [5, 5.41) is 3.21. The number of aromatic nitrogens is 2. The van der Waals surface area contributed by atoms with E-state index in [4.69, 9.17) is 0 Å². The molecule has 0 radical (unpaired) electrons. The maximum Gasteiger partial charge on any atom is 0.330 e. The number of anilines is 1. The minimum atomic E-state index is -0.380. The van der Waals surface area contributed by atoms with E-state index in [0.717, 1.165) is 18.4 Å². The Balaban J connectivity index is 1.85. The van der Waals surface area contributed by atoms with E-state index < -0.39 is 0 Å². The Hall–Kier alpha value is -2.30. The summed E-state index contributed by atoms with van der Waals surface area (Å²) in [6, 6.07) is 7.77. The van der Waals surface area contributed by atoms with Gasteiger partial charge in [-0.3, -0.25) is 14.3 Å². The van der Waals surface area contributed by atoms with Crippen LogP contribution in [0.4, 0.5) is 5.82 Å². The molecule has 5 nitrogen and oxygen atoms in total. The molecule has 116 valence electrons. The van der Waals surface area contributed by atoms with Crippen molar-refractivity contribution in [2.75, 3.05) is 5.32 Å². The van der Waals surface area contributed by atoms with Crippen LogP contribution >= 0.6 is 0 Å². The number of aryl methyl sites for hydroxylation is 2. The maximum atomic E-state index is 12.0. The predicted molar refractivity (Wildman–Crippen MR) is 87.6 cm³/mol. The lowest BCUT2D eigenvalue weighted by Gasteiger charge is -2.22. The van der Waals surface area contributed by atoms with E-state index in [0.29, 0.717) is 5.82 Å². The van der Waals surface area contributed by atoms with E-state index >= 15 is 0 Å². The zero-order valence-corrected chi connectivity index (χ0v) is 13.1. The Morgan fingerprint density at radius 2 is 1.82 bits per heavy atom. The minimum Gasteiger partial charge on any atom is -0.365 e. The predicted octanol–water partition coefficient (Wildman–Crippen LogP) is 2.39. The van der Waals surface area contributed by atoms with Crippen molar-refractivity contribution in [3.63, 3.8) is 0 Å². The molecule has 1 aromatic carbocycles. The summed E-state index contributed by atoms with van der Waals surface area (Å²) in [4.78, 5) is 26.8. The third-order valence-electron chi connectivity index (χ3n) is 4.25. The SMILES string of the molecule is CC(Nc1cc(=O)n(C(C)C)c(=O)[nH]1)c1ccc2c(c1)CC2. The summed E-state index contributed by atoms with van der Waals surface area (Å²) in [5.74, 6) is 0.460. The quantitative estimate of drug-likeness (QED) is 0.911. The van der Waals surface area contributed by atoms with Gasteiger partial charge in [0.25, 0.3) is 5.56 Å². The van der Waals surface area contributed by atoms with E-state index in [-0.39, 0.29) is 23.3 Å². The van der Waals surface area contributed by atoms with Crippen LogP contribution in [0, 0.1) is 0 Å². The summed E-state index contributed by atoms with van der Waals surface area (Å²) in [6.07, 6.45) is 2.30. The fourth-order valence-electron chi connectivity index (χ4n) is 2.87. The molecular weight excluding hydrogens is 278 g/mol. The minimum absolute atomic E-state index is 0.0239. The highest BCUT2D eigenvalue weighted by molar-refractivity contribution is 5.42. The second-order valence-corrected chi connectivity index (χ2v) is 6.18. The fourth-order valence-corrected chi connectivity index (χ4v) is 2.87. The fraction of sp³-hybridized carbons (Fsp3) is 0.412. The van der Waals surface area contributed by atoms with Gasteiger partial charge in [-0.1, -0.05) is 18.2 Å². The van der Waals surface area contributed by atoms with Crippen molar-refractivity contribution in [3.8, 4) is 0 Å². The Morgan fingerprint density at radius 3 is 2.36 bits per heavy atom. The molecule has 1 heterocycles. The molecule has 1 aliphatic rings. The van der Waals surface area contributed by atoms with Crippen molar-refractivity contribution in [1.82, 2.24) is 9.55 Å². The summed E-state index contributed by atoms with van der Waals surface area (Å²) in [7, 11) is 0. The lowest BCUT2D eigenvalue weighted by Crippen LogP contribution is -2.36. The van der Waals surface area contributed by atoms with E-state index in [9.17, 15) is 9.59 Å². The Bertz CT molecular complexity index is 786. The zero-order valence-electron chi connectivity index (χ0n) is 13.1. The molecule has 0 bridgehead atoms. The molecule has 1 aliphatic carbocycles. The summed E-state index contributed by atoms with van der Waals surface area (Å²) in [6.45, 7) is 5.65. The second kappa shape index (κ2) is 5.48. The van der Waals surface area contributed by atoms with Gasteiger partial charge in [0.15, 0.2) is 0 Å². The molecule has 3 rings (SSSR count). The van der Waals surface area contributed by atoms with Gasteiger partial charge < -0.3 is 5.32 Å². The topological polar surface area (TPSA) is 66.9 Å². The van der Waals surface area contributed by atoms with Crippen molar-refractivity contribution >= 4 is 5.82 Å². The molecular formula is C17H21N3O2. The van der Waals surface area contributed by atoms with E-state index in [2.05, 4.69) is 28.5 Å². The maximum absolute atomic E-state index is 12.0. The van der Waals surface area contributed by atoms with E-state index in [1.807, 2.05) is 20.8 Å². The van der Waals surface area contributed by atoms with Gasteiger partial charge >= 0.3 is 5.69 Å². The molecule has 5 heteroatoms. The number of hydrogen-bond donors (Lipinski definition) is 2. The molecule has 2 N–H and O–H groups in total. The lowest BCUT2D eigenvalue weighted by atomic mass is 9.86. The van der Waals surface area contributed by atoms with Crippen molar-refractivity contribution < 1.29 is 0 Å². The molecule has 0 saturated heterocycles.